The highest BCUT2D eigenvalue weighted by molar-refractivity contribution is 5.82. The quantitative estimate of drug-likeness (QED) is 0.579. The van der Waals surface area contributed by atoms with Crippen LogP contribution >= 0.6 is 0 Å². The van der Waals surface area contributed by atoms with Crippen LogP contribution < -0.4 is 0 Å². The molecule has 1 saturated heterocycles. The first-order valence-electron chi connectivity index (χ1n) is 5.50. The van der Waals surface area contributed by atoms with Crippen LogP contribution in [0.2, 0.25) is 0 Å². The minimum atomic E-state index is -0.374. The molecule has 3 nitrogen and oxygen atoms in total. The average molecular weight is 230 g/mol. The third-order valence-electron chi connectivity index (χ3n) is 2.49. The van der Waals surface area contributed by atoms with E-state index in [4.69, 9.17) is 4.74 Å². The van der Waals surface area contributed by atoms with Crippen molar-refractivity contribution in [2.45, 2.75) is 12.8 Å². The van der Waals surface area contributed by atoms with Gasteiger partial charge in [0.05, 0.1) is 13.2 Å². The Labute approximate surface area is 100 Å². The molecule has 1 aliphatic heterocycles. The first kappa shape index (κ1) is 11.5. The molecule has 1 aromatic carbocycles. The molecule has 0 atom stereocenters. The van der Waals surface area contributed by atoms with E-state index in [-0.39, 0.29) is 5.97 Å². The number of hydrogen-bond donors (Lipinski definition) is 0. The van der Waals surface area contributed by atoms with Crippen molar-refractivity contribution in [1.82, 2.24) is 0 Å². The molecule has 0 bridgehead atoms. The highest BCUT2D eigenvalue weighted by Crippen LogP contribution is 2.27. The molecule has 3 heteroatoms. The van der Waals surface area contributed by atoms with E-state index in [1.54, 1.807) is 0 Å². The molecule has 1 fully saturated rings. The van der Waals surface area contributed by atoms with Crippen LogP contribution in [0, 0.1) is 0 Å². The number of methoxy groups -OCH3 is 1. The van der Waals surface area contributed by atoms with Gasteiger partial charge in [0.1, 0.15) is 11.5 Å². The van der Waals surface area contributed by atoms with Crippen molar-refractivity contribution < 1.29 is 14.3 Å². The number of rotatable bonds is 2. The monoisotopic (exact) mass is 230 g/mol. The molecule has 0 N–H and O–H groups in total. The largest absolute Gasteiger partial charge is 0.466 e. The first-order chi connectivity index (χ1) is 8.28. The second-order valence-corrected chi connectivity index (χ2v) is 3.76. The molecule has 0 aliphatic carbocycles. The van der Waals surface area contributed by atoms with Gasteiger partial charge in [0, 0.05) is 12.8 Å². The van der Waals surface area contributed by atoms with E-state index in [2.05, 4.69) is 4.74 Å². The lowest BCUT2D eigenvalue weighted by molar-refractivity contribution is -0.135. The summed E-state index contributed by atoms with van der Waals surface area (Å²) < 4.78 is 10.1. The maximum Gasteiger partial charge on any atom is 0.333 e. The number of esters is 1. The zero-order valence-corrected chi connectivity index (χ0v) is 9.68. The fraction of sp³-hybridized carbons (Fsp3) is 0.214. The van der Waals surface area contributed by atoms with Crippen LogP contribution in [0.3, 0.4) is 0 Å². The zero-order valence-electron chi connectivity index (χ0n) is 9.68. The van der Waals surface area contributed by atoms with E-state index in [0.29, 0.717) is 5.76 Å². The average Bonchev–Trinajstić information content (AvgIpc) is 2.77. The van der Waals surface area contributed by atoms with Crippen LogP contribution in [-0.2, 0) is 14.3 Å². The van der Waals surface area contributed by atoms with Crippen LogP contribution in [0.1, 0.15) is 18.4 Å². The van der Waals surface area contributed by atoms with Gasteiger partial charge in [-0.25, -0.2) is 4.79 Å². The number of carbonyl (C=O) groups excluding carboxylic acids is 1. The van der Waals surface area contributed by atoms with E-state index in [0.717, 1.165) is 24.2 Å². The number of ether oxygens (including phenoxy) is 2. The normalized spacial score (nSPS) is 19.4. The van der Waals surface area contributed by atoms with Crippen LogP contribution in [0.25, 0.3) is 6.08 Å². The van der Waals surface area contributed by atoms with Gasteiger partial charge in [-0.05, 0) is 11.6 Å². The van der Waals surface area contributed by atoms with Crippen molar-refractivity contribution in [3.63, 3.8) is 0 Å². The molecule has 0 spiro atoms. The molecular weight excluding hydrogens is 216 g/mol. The third kappa shape index (κ3) is 3.21. The molecule has 0 saturated carbocycles. The van der Waals surface area contributed by atoms with E-state index < -0.39 is 0 Å². The lowest BCUT2D eigenvalue weighted by Crippen LogP contribution is -1.96. The first-order valence-corrected chi connectivity index (χ1v) is 5.50. The summed E-state index contributed by atoms with van der Waals surface area (Å²) in [4.78, 5) is 11.0. The van der Waals surface area contributed by atoms with E-state index in [1.165, 1.54) is 13.2 Å². The second-order valence-electron chi connectivity index (χ2n) is 3.76. The van der Waals surface area contributed by atoms with Gasteiger partial charge in [-0.1, -0.05) is 30.3 Å². The lowest BCUT2D eigenvalue weighted by Gasteiger charge is -2.00. The minimum absolute atomic E-state index is 0.374. The Morgan fingerprint density at radius 1 is 1.24 bits per heavy atom. The predicted octanol–water partition coefficient (Wildman–Crippen LogP) is 2.89. The van der Waals surface area contributed by atoms with Gasteiger partial charge in [0.15, 0.2) is 0 Å². The van der Waals surface area contributed by atoms with E-state index in [1.807, 2.05) is 36.4 Å². The Bertz CT molecular complexity index is 458. The van der Waals surface area contributed by atoms with Crippen molar-refractivity contribution >= 4 is 12.0 Å². The van der Waals surface area contributed by atoms with Crippen LogP contribution in [0.5, 0.6) is 0 Å². The van der Waals surface area contributed by atoms with Crippen LogP contribution in [-0.4, -0.2) is 13.1 Å². The Morgan fingerprint density at radius 3 is 2.65 bits per heavy atom. The van der Waals surface area contributed by atoms with Gasteiger partial charge >= 0.3 is 5.97 Å². The second kappa shape index (κ2) is 5.34. The maximum absolute atomic E-state index is 11.0. The Morgan fingerprint density at radius 2 is 1.94 bits per heavy atom. The molecule has 0 radical (unpaired) electrons. The van der Waals surface area contributed by atoms with E-state index in [9.17, 15) is 4.79 Å². The maximum atomic E-state index is 11.0. The number of allylic oxidation sites excluding steroid dienone is 2. The summed E-state index contributed by atoms with van der Waals surface area (Å²) in [5.74, 6) is 1.17. The summed E-state index contributed by atoms with van der Waals surface area (Å²) in [6.45, 7) is 0. The Hall–Kier alpha value is -2.03. The SMILES string of the molecule is COC(=O)/C=C1\CC/C(=C\c2ccccc2)O1. The molecule has 88 valence electrons. The van der Waals surface area contributed by atoms with Gasteiger partial charge in [0.2, 0.25) is 0 Å². The van der Waals surface area contributed by atoms with Gasteiger partial charge in [-0.2, -0.15) is 0 Å². The van der Waals surface area contributed by atoms with Gasteiger partial charge in [-0.15, -0.1) is 0 Å². The Kier molecular flexibility index (Phi) is 3.60. The van der Waals surface area contributed by atoms with Gasteiger partial charge in [0.25, 0.3) is 0 Å². The van der Waals surface area contributed by atoms with Crippen molar-refractivity contribution in [3.8, 4) is 0 Å². The van der Waals surface area contributed by atoms with Crippen LogP contribution in [0.15, 0.2) is 47.9 Å². The smallest absolute Gasteiger partial charge is 0.333 e. The standard InChI is InChI=1S/C14H14O3/c1-16-14(15)10-13-8-7-12(17-13)9-11-5-3-2-4-6-11/h2-6,9-10H,7-8H2,1H3/b12-9+,13-10+. The van der Waals surface area contributed by atoms with Crippen molar-refractivity contribution in [2.75, 3.05) is 7.11 Å². The van der Waals surface area contributed by atoms with Crippen molar-refractivity contribution in [2.24, 2.45) is 0 Å². The number of hydrogen-bond acceptors (Lipinski definition) is 3. The molecule has 0 aromatic heterocycles. The number of carbonyl (C=O) groups is 1. The summed E-state index contributed by atoms with van der Waals surface area (Å²) in [6, 6.07) is 9.95. The molecule has 1 aliphatic rings. The number of benzene rings is 1. The van der Waals surface area contributed by atoms with Crippen LogP contribution in [0.4, 0.5) is 0 Å². The summed E-state index contributed by atoms with van der Waals surface area (Å²) in [5, 5.41) is 0. The molecule has 0 amide bonds. The fourth-order valence-electron chi connectivity index (χ4n) is 1.65. The molecular formula is C14H14O3. The Balaban J connectivity index is 2.06. The summed E-state index contributed by atoms with van der Waals surface area (Å²) >= 11 is 0. The lowest BCUT2D eigenvalue weighted by atomic mass is 10.2. The van der Waals surface area contributed by atoms with Crippen molar-refractivity contribution in [3.05, 3.63) is 53.5 Å². The molecule has 0 unspecified atom stereocenters. The van der Waals surface area contributed by atoms with Gasteiger partial charge < -0.3 is 9.47 Å². The van der Waals surface area contributed by atoms with Gasteiger partial charge in [-0.3, -0.25) is 0 Å². The topological polar surface area (TPSA) is 35.5 Å². The van der Waals surface area contributed by atoms with E-state index >= 15 is 0 Å². The molecule has 2 rings (SSSR count). The highest BCUT2D eigenvalue weighted by Gasteiger charge is 2.15. The molecule has 1 aromatic rings. The minimum Gasteiger partial charge on any atom is -0.466 e. The highest BCUT2D eigenvalue weighted by atomic mass is 16.5. The summed E-state index contributed by atoms with van der Waals surface area (Å²) in [5.41, 5.74) is 1.10. The van der Waals surface area contributed by atoms with Crippen molar-refractivity contribution in [1.29, 1.82) is 0 Å². The zero-order chi connectivity index (χ0) is 12.1. The predicted molar refractivity (Wildman–Crippen MR) is 64.8 cm³/mol. The fourth-order valence-corrected chi connectivity index (χ4v) is 1.65. The molecule has 1 heterocycles. The summed E-state index contributed by atoms with van der Waals surface area (Å²) in [6.07, 6.45) is 4.94. The summed E-state index contributed by atoms with van der Waals surface area (Å²) in [7, 11) is 1.36. The third-order valence-corrected chi connectivity index (χ3v) is 2.49. The molecule has 17 heavy (non-hydrogen) atoms.